The SMILES string of the molecule is CCC(C)CC(=O)c1cc2cc(F)ccc2o1. The molecular formula is C14H15FO2. The largest absolute Gasteiger partial charge is 0.453 e. The zero-order chi connectivity index (χ0) is 12.4. The number of hydrogen-bond donors (Lipinski definition) is 0. The Balaban J connectivity index is 2.27. The van der Waals surface area contributed by atoms with Gasteiger partial charge in [-0.25, -0.2) is 4.39 Å². The van der Waals surface area contributed by atoms with Gasteiger partial charge in [-0.15, -0.1) is 0 Å². The lowest BCUT2D eigenvalue weighted by molar-refractivity contribution is 0.0938. The molecule has 2 rings (SSSR count). The van der Waals surface area contributed by atoms with Crippen molar-refractivity contribution in [3.63, 3.8) is 0 Å². The zero-order valence-corrected chi connectivity index (χ0v) is 10.00. The molecule has 1 unspecified atom stereocenters. The van der Waals surface area contributed by atoms with E-state index in [0.717, 1.165) is 6.42 Å². The molecule has 0 aliphatic carbocycles. The molecule has 0 spiro atoms. The van der Waals surface area contributed by atoms with Gasteiger partial charge < -0.3 is 4.42 Å². The number of ketones is 1. The van der Waals surface area contributed by atoms with Crippen molar-refractivity contribution < 1.29 is 13.6 Å². The summed E-state index contributed by atoms with van der Waals surface area (Å²) in [6.45, 7) is 4.08. The second-order valence-electron chi connectivity index (χ2n) is 4.43. The van der Waals surface area contributed by atoms with Crippen LogP contribution in [0.3, 0.4) is 0 Å². The van der Waals surface area contributed by atoms with Gasteiger partial charge >= 0.3 is 0 Å². The minimum absolute atomic E-state index is 0.0176. The molecule has 1 aromatic heterocycles. The second-order valence-corrected chi connectivity index (χ2v) is 4.43. The van der Waals surface area contributed by atoms with Crippen LogP contribution in [0.2, 0.25) is 0 Å². The van der Waals surface area contributed by atoms with Crippen LogP contribution in [0, 0.1) is 11.7 Å². The van der Waals surface area contributed by atoms with Gasteiger partial charge in [-0.2, -0.15) is 0 Å². The lowest BCUT2D eigenvalue weighted by Gasteiger charge is -2.04. The van der Waals surface area contributed by atoms with E-state index in [0.29, 0.717) is 29.1 Å². The first-order chi connectivity index (χ1) is 8.10. The number of furan rings is 1. The number of hydrogen-bond acceptors (Lipinski definition) is 2. The number of halogens is 1. The molecule has 3 heteroatoms. The fraction of sp³-hybridized carbons (Fsp3) is 0.357. The van der Waals surface area contributed by atoms with E-state index in [1.165, 1.54) is 12.1 Å². The minimum atomic E-state index is -0.320. The van der Waals surface area contributed by atoms with E-state index in [2.05, 4.69) is 0 Å². The fourth-order valence-electron chi connectivity index (χ4n) is 1.71. The summed E-state index contributed by atoms with van der Waals surface area (Å²) >= 11 is 0. The predicted octanol–water partition coefficient (Wildman–Crippen LogP) is 4.19. The monoisotopic (exact) mass is 234 g/mol. The topological polar surface area (TPSA) is 30.2 Å². The summed E-state index contributed by atoms with van der Waals surface area (Å²) in [6.07, 6.45) is 1.43. The molecule has 90 valence electrons. The molecule has 0 aliphatic rings. The van der Waals surface area contributed by atoms with Crippen molar-refractivity contribution in [2.24, 2.45) is 5.92 Å². The van der Waals surface area contributed by atoms with E-state index in [-0.39, 0.29) is 11.6 Å². The Morgan fingerprint density at radius 2 is 2.18 bits per heavy atom. The molecule has 2 aromatic rings. The van der Waals surface area contributed by atoms with Crippen LogP contribution in [-0.2, 0) is 0 Å². The maximum atomic E-state index is 13.0. The number of carbonyl (C=O) groups excluding carboxylic acids is 1. The van der Waals surface area contributed by atoms with Gasteiger partial charge in [-0.05, 0) is 30.2 Å². The van der Waals surface area contributed by atoms with Crippen molar-refractivity contribution in [2.75, 3.05) is 0 Å². The summed E-state index contributed by atoms with van der Waals surface area (Å²) in [7, 11) is 0. The van der Waals surface area contributed by atoms with Crippen LogP contribution in [0.5, 0.6) is 0 Å². The first-order valence-corrected chi connectivity index (χ1v) is 5.82. The average molecular weight is 234 g/mol. The molecule has 0 saturated carbocycles. The van der Waals surface area contributed by atoms with Gasteiger partial charge in [0.15, 0.2) is 11.5 Å². The van der Waals surface area contributed by atoms with Crippen molar-refractivity contribution in [1.82, 2.24) is 0 Å². The van der Waals surface area contributed by atoms with Crippen LogP contribution in [0.15, 0.2) is 28.7 Å². The van der Waals surface area contributed by atoms with Crippen LogP contribution < -0.4 is 0 Å². The Hall–Kier alpha value is -1.64. The Bertz CT molecular complexity index is 542. The molecule has 0 N–H and O–H groups in total. The summed E-state index contributed by atoms with van der Waals surface area (Å²) in [5.74, 6) is 0.327. The highest BCUT2D eigenvalue weighted by atomic mass is 19.1. The van der Waals surface area contributed by atoms with Gasteiger partial charge in [0.05, 0.1) is 0 Å². The fourth-order valence-corrected chi connectivity index (χ4v) is 1.71. The summed E-state index contributed by atoms with van der Waals surface area (Å²) in [4.78, 5) is 11.9. The lowest BCUT2D eigenvalue weighted by atomic mass is 10.0. The van der Waals surface area contributed by atoms with Crippen molar-refractivity contribution in [3.8, 4) is 0 Å². The van der Waals surface area contributed by atoms with Gasteiger partial charge in [0, 0.05) is 11.8 Å². The highest BCUT2D eigenvalue weighted by Gasteiger charge is 2.15. The van der Waals surface area contributed by atoms with E-state index >= 15 is 0 Å². The number of Topliss-reactive ketones (excluding diaryl/α,β-unsaturated/α-hetero) is 1. The Labute approximate surface area is 99.4 Å². The van der Waals surface area contributed by atoms with E-state index in [9.17, 15) is 9.18 Å². The highest BCUT2D eigenvalue weighted by Crippen LogP contribution is 2.22. The van der Waals surface area contributed by atoms with Crippen LogP contribution in [0.4, 0.5) is 4.39 Å². The van der Waals surface area contributed by atoms with Gasteiger partial charge in [-0.1, -0.05) is 20.3 Å². The standard InChI is InChI=1S/C14H15FO2/c1-3-9(2)6-12(16)14-8-10-7-11(15)4-5-13(10)17-14/h4-5,7-9H,3,6H2,1-2H3. The third kappa shape index (κ3) is 2.54. The summed E-state index contributed by atoms with van der Waals surface area (Å²) in [5, 5.41) is 0.637. The summed E-state index contributed by atoms with van der Waals surface area (Å²) in [5.41, 5.74) is 0.555. The smallest absolute Gasteiger partial charge is 0.198 e. The molecule has 0 saturated heterocycles. The quantitative estimate of drug-likeness (QED) is 0.742. The van der Waals surface area contributed by atoms with Gasteiger partial charge in [-0.3, -0.25) is 4.79 Å². The van der Waals surface area contributed by atoms with Crippen LogP contribution in [0.25, 0.3) is 11.0 Å². The van der Waals surface area contributed by atoms with E-state index in [1.54, 1.807) is 12.1 Å². The predicted molar refractivity (Wildman–Crippen MR) is 64.6 cm³/mol. The van der Waals surface area contributed by atoms with E-state index < -0.39 is 0 Å². The Morgan fingerprint density at radius 3 is 2.88 bits per heavy atom. The number of rotatable bonds is 4. The van der Waals surface area contributed by atoms with Gasteiger partial charge in [0.2, 0.25) is 0 Å². The van der Waals surface area contributed by atoms with Gasteiger partial charge in [0.25, 0.3) is 0 Å². The molecule has 0 radical (unpaired) electrons. The van der Waals surface area contributed by atoms with Crippen molar-refractivity contribution in [2.45, 2.75) is 26.7 Å². The molecule has 0 amide bonds. The van der Waals surface area contributed by atoms with E-state index in [4.69, 9.17) is 4.42 Å². The molecule has 17 heavy (non-hydrogen) atoms. The van der Waals surface area contributed by atoms with Crippen molar-refractivity contribution >= 4 is 16.8 Å². The summed E-state index contributed by atoms with van der Waals surface area (Å²) in [6, 6.07) is 5.86. The van der Waals surface area contributed by atoms with Crippen LogP contribution in [-0.4, -0.2) is 5.78 Å². The molecule has 1 aromatic carbocycles. The van der Waals surface area contributed by atoms with Gasteiger partial charge in [0.1, 0.15) is 11.4 Å². The van der Waals surface area contributed by atoms with Crippen molar-refractivity contribution in [3.05, 3.63) is 35.8 Å². The second kappa shape index (κ2) is 4.70. The number of benzene rings is 1. The summed E-state index contributed by atoms with van der Waals surface area (Å²) < 4.78 is 18.4. The maximum absolute atomic E-state index is 13.0. The average Bonchev–Trinajstić information content (AvgIpc) is 2.71. The molecule has 1 atom stereocenters. The Kier molecular flexibility index (Phi) is 3.27. The zero-order valence-electron chi connectivity index (χ0n) is 10.00. The normalized spacial score (nSPS) is 12.9. The molecular weight excluding hydrogens is 219 g/mol. The van der Waals surface area contributed by atoms with E-state index in [1.807, 2.05) is 13.8 Å². The maximum Gasteiger partial charge on any atom is 0.198 e. The van der Waals surface area contributed by atoms with Crippen LogP contribution in [0.1, 0.15) is 37.2 Å². The number of fused-ring (bicyclic) bond motifs is 1. The first kappa shape index (κ1) is 11.8. The number of carbonyl (C=O) groups is 1. The third-order valence-corrected chi connectivity index (χ3v) is 2.98. The first-order valence-electron chi connectivity index (χ1n) is 5.82. The molecule has 2 nitrogen and oxygen atoms in total. The molecule has 1 heterocycles. The molecule has 0 fully saturated rings. The lowest BCUT2D eigenvalue weighted by Crippen LogP contribution is -2.03. The Morgan fingerprint density at radius 1 is 1.41 bits per heavy atom. The minimum Gasteiger partial charge on any atom is -0.453 e. The highest BCUT2D eigenvalue weighted by molar-refractivity contribution is 5.97. The van der Waals surface area contributed by atoms with Crippen LogP contribution >= 0.6 is 0 Å². The van der Waals surface area contributed by atoms with Crippen molar-refractivity contribution in [1.29, 1.82) is 0 Å². The molecule has 0 aliphatic heterocycles. The molecule has 0 bridgehead atoms. The third-order valence-electron chi connectivity index (χ3n) is 2.98.